The number of hydrogen-bond donors (Lipinski definition) is 1. The summed E-state index contributed by atoms with van der Waals surface area (Å²) in [6.07, 6.45) is 5.19. The molecule has 1 aliphatic carbocycles. The van der Waals surface area contributed by atoms with E-state index in [4.69, 9.17) is 4.74 Å². The van der Waals surface area contributed by atoms with Gasteiger partial charge >= 0.3 is 0 Å². The van der Waals surface area contributed by atoms with Crippen LogP contribution in [0.2, 0.25) is 0 Å². The van der Waals surface area contributed by atoms with E-state index < -0.39 is 0 Å². The summed E-state index contributed by atoms with van der Waals surface area (Å²) in [4.78, 5) is 0. The smallest absolute Gasteiger partial charge is 0.184 e. The number of rotatable bonds is 5. The van der Waals surface area contributed by atoms with Gasteiger partial charge in [0.05, 0.1) is 12.1 Å². The lowest BCUT2D eigenvalue weighted by Crippen LogP contribution is -2.25. The quantitative estimate of drug-likeness (QED) is 0.785. The highest BCUT2D eigenvalue weighted by atomic mass is 16.5. The molecule has 0 atom stereocenters. The van der Waals surface area contributed by atoms with E-state index in [1.54, 1.807) is 0 Å². The first-order valence-corrected chi connectivity index (χ1v) is 8.35. The fourth-order valence-electron chi connectivity index (χ4n) is 3.41. The minimum absolute atomic E-state index is 0.622. The maximum atomic E-state index is 5.61. The van der Waals surface area contributed by atoms with Gasteiger partial charge < -0.3 is 10.1 Å². The van der Waals surface area contributed by atoms with Crippen LogP contribution >= 0.6 is 0 Å². The second kappa shape index (κ2) is 6.12. The van der Waals surface area contributed by atoms with Crippen LogP contribution in [0.5, 0.6) is 5.75 Å². The molecule has 1 N–H and O–H groups in total. The maximum Gasteiger partial charge on any atom is 0.184 e. The highest BCUT2D eigenvalue weighted by molar-refractivity contribution is 5.84. The molecule has 0 unspecified atom stereocenters. The third-order valence-corrected chi connectivity index (χ3v) is 4.56. The summed E-state index contributed by atoms with van der Waals surface area (Å²) in [5.74, 6) is 0.877. The Balaban J connectivity index is 1.72. The lowest BCUT2D eigenvalue weighted by atomic mass is 10.1. The average molecular weight is 311 g/mol. The molecule has 2 heterocycles. The largest absolute Gasteiger partial charge is 0.494 e. The predicted octanol–water partition coefficient (Wildman–Crippen LogP) is 2.71. The van der Waals surface area contributed by atoms with Crippen molar-refractivity contribution in [2.45, 2.75) is 45.2 Å². The summed E-state index contributed by atoms with van der Waals surface area (Å²) < 4.78 is 7.43. The molecule has 4 rings (SSSR count). The first kappa shape index (κ1) is 14.4. The van der Waals surface area contributed by atoms with Crippen LogP contribution in [0, 0.1) is 0 Å². The third-order valence-electron chi connectivity index (χ3n) is 4.56. The Bertz CT molecular complexity index is 822. The minimum atomic E-state index is 0.622. The van der Waals surface area contributed by atoms with Gasteiger partial charge in [0.2, 0.25) is 0 Å². The molecule has 0 spiro atoms. The van der Waals surface area contributed by atoms with Crippen LogP contribution in [0.1, 0.15) is 38.2 Å². The summed E-state index contributed by atoms with van der Waals surface area (Å²) in [6.45, 7) is 3.45. The average Bonchev–Trinajstić information content (AvgIpc) is 3.24. The number of ether oxygens (including phenoxy) is 1. The van der Waals surface area contributed by atoms with E-state index in [0.717, 1.165) is 34.4 Å². The summed E-state index contributed by atoms with van der Waals surface area (Å²) in [7, 11) is 0. The molecule has 1 aliphatic rings. The van der Waals surface area contributed by atoms with Crippen LogP contribution in [0.3, 0.4) is 0 Å². The Morgan fingerprint density at radius 1 is 1.26 bits per heavy atom. The van der Waals surface area contributed by atoms with Crippen molar-refractivity contribution in [2.75, 3.05) is 6.61 Å². The number of fused-ring (bicyclic) bond motifs is 3. The Morgan fingerprint density at radius 2 is 2.13 bits per heavy atom. The molecule has 0 bridgehead atoms. The zero-order chi connectivity index (χ0) is 15.6. The molecule has 1 aromatic carbocycles. The van der Waals surface area contributed by atoms with Crippen molar-refractivity contribution < 1.29 is 4.74 Å². The molecule has 120 valence electrons. The molecular weight excluding hydrogens is 290 g/mol. The van der Waals surface area contributed by atoms with Crippen LogP contribution in [-0.4, -0.2) is 32.7 Å². The van der Waals surface area contributed by atoms with E-state index in [-0.39, 0.29) is 0 Å². The molecule has 23 heavy (non-hydrogen) atoms. The van der Waals surface area contributed by atoms with Crippen molar-refractivity contribution in [3.8, 4) is 5.75 Å². The number of pyridine rings is 1. The Labute approximate surface area is 134 Å². The molecule has 0 radical (unpaired) electrons. The van der Waals surface area contributed by atoms with E-state index in [1.165, 1.54) is 25.7 Å². The number of hydrogen-bond acceptors (Lipinski definition) is 5. The van der Waals surface area contributed by atoms with Crippen molar-refractivity contribution in [3.63, 3.8) is 0 Å². The van der Waals surface area contributed by atoms with Crippen LogP contribution in [0.15, 0.2) is 24.3 Å². The van der Waals surface area contributed by atoms with Crippen molar-refractivity contribution >= 4 is 16.6 Å². The number of benzene rings is 1. The van der Waals surface area contributed by atoms with E-state index in [2.05, 4.69) is 33.0 Å². The Morgan fingerprint density at radius 3 is 2.96 bits per heavy atom. The second-order valence-corrected chi connectivity index (χ2v) is 6.10. The zero-order valence-electron chi connectivity index (χ0n) is 13.3. The third kappa shape index (κ3) is 2.74. The van der Waals surface area contributed by atoms with E-state index in [9.17, 15) is 0 Å². The van der Waals surface area contributed by atoms with Crippen molar-refractivity contribution in [1.29, 1.82) is 0 Å². The van der Waals surface area contributed by atoms with Crippen LogP contribution in [0.4, 0.5) is 0 Å². The normalized spacial score (nSPS) is 15.7. The fourth-order valence-corrected chi connectivity index (χ4v) is 3.41. The van der Waals surface area contributed by atoms with Gasteiger partial charge in [0.25, 0.3) is 0 Å². The topological polar surface area (TPSA) is 64.3 Å². The maximum absolute atomic E-state index is 5.61. The molecule has 1 fully saturated rings. The lowest BCUT2D eigenvalue weighted by molar-refractivity contribution is 0.340. The van der Waals surface area contributed by atoms with Crippen molar-refractivity contribution in [2.24, 2.45) is 0 Å². The first-order chi connectivity index (χ1) is 11.3. The van der Waals surface area contributed by atoms with E-state index in [1.807, 2.05) is 23.6 Å². The predicted molar refractivity (Wildman–Crippen MR) is 88.6 cm³/mol. The highest BCUT2D eigenvalue weighted by Crippen LogP contribution is 2.24. The van der Waals surface area contributed by atoms with Gasteiger partial charge in [-0.1, -0.05) is 12.8 Å². The fraction of sp³-hybridized carbons (Fsp3) is 0.471. The number of nitrogens with one attached hydrogen (secondary N) is 1. The van der Waals surface area contributed by atoms with Gasteiger partial charge in [-0.2, -0.15) is 4.52 Å². The van der Waals surface area contributed by atoms with Gasteiger partial charge in [-0.15, -0.1) is 5.10 Å². The van der Waals surface area contributed by atoms with Gasteiger partial charge in [0.15, 0.2) is 5.65 Å². The molecule has 2 aromatic heterocycles. The SMILES string of the molecule is CCOc1ccc2c(c1)cc(CNC1CCCC1)c1nnnn12. The van der Waals surface area contributed by atoms with E-state index >= 15 is 0 Å². The first-order valence-electron chi connectivity index (χ1n) is 8.35. The molecule has 0 aliphatic heterocycles. The monoisotopic (exact) mass is 311 g/mol. The lowest BCUT2D eigenvalue weighted by Gasteiger charge is -2.13. The summed E-state index contributed by atoms with van der Waals surface area (Å²) in [5, 5.41) is 16.9. The molecule has 6 heteroatoms. The standard InChI is InChI=1S/C17H21N5O/c1-2-23-15-7-8-16-12(10-15)9-13(17-19-20-21-22(16)17)11-18-14-5-3-4-6-14/h7-10,14,18H,2-6,11H2,1H3. The molecule has 0 saturated heterocycles. The number of nitrogens with zero attached hydrogens (tertiary/aromatic N) is 4. The molecule has 1 saturated carbocycles. The molecule has 6 nitrogen and oxygen atoms in total. The summed E-state index contributed by atoms with van der Waals surface area (Å²) in [6, 6.07) is 8.82. The van der Waals surface area contributed by atoms with Crippen molar-refractivity contribution in [1.82, 2.24) is 25.4 Å². The van der Waals surface area contributed by atoms with Crippen LogP contribution in [-0.2, 0) is 6.54 Å². The van der Waals surface area contributed by atoms with Crippen molar-refractivity contribution in [3.05, 3.63) is 29.8 Å². The minimum Gasteiger partial charge on any atom is -0.494 e. The Hall–Kier alpha value is -2.21. The molecule has 0 amide bonds. The number of aromatic nitrogens is 4. The van der Waals surface area contributed by atoms with Crippen LogP contribution in [0.25, 0.3) is 16.6 Å². The van der Waals surface area contributed by atoms with Gasteiger partial charge in [0, 0.05) is 23.5 Å². The Kier molecular flexibility index (Phi) is 3.83. The van der Waals surface area contributed by atoms with E-state index in [0.29, 0.717) is 12.6 Å². The zero-order valence-corrected chi connectivity index (χ0v) is 13.3. The highest BCUT2D eigenvalue weighted by Gasteiger charge is 2.16. The number of tetrazole rings is 1. The van der Waals surface area contributed by atoms with Gasteiger partial charge in [-0.25, -0.2) is 0 Å². The summed E-state index contributed by atoms with van der Waals surface area (Å²) in [5.41, 5.74) is 2.95. The van der Waals surface area contributed by atoms with Gasteiger partial charge in [-0.05, 0) is 54.5 Å². The molecular formula is C17H21N5O. The second-order valence-electron chi connectivity index (χ2n) is 6.10. The van der Waals surface area contributed by atoms with Gasteiger partial charge in [-0.3, -0.25) is 0 Å². The van der Waals surface area contributed by atoms with Crippen LogP contribution < -0.4 is 10.1 Å². The summed E-state index contributed by atoms with van der Waals surface area (Å²) >= 11 is 0. The van der Waals surface area contributed by atoms with Gasteiger partial charge in [0.1, 0.15) is 5.75 Å². The molecule has 3 aromatic rings.